The molecular weight excluding hydrogens is 400 g/mol. The Hall–Kier alpha value is -3.22. The van der Waals surface area contributed by atoms with Gasteiger partial charge in [0.05, 0.1) is 18.9 Å². The van der Waals surface area contributed by atoms with Crippen LogP contribution in [0.25, 0.3) is 0 Å². The summed E-state index contributed by atoms with van der Waals surface area (Å²) in [6.07, 6.45) is -0.870. The number of aliphatic carboxylic acids is 1. The summed E-state index contributed by atoms with van der Waals surface area (Å²) in [4.78, 5) is 69.8. The standard InChI is InChI=1S/C17H30N6O7/c1-7(2)4-10(16(28)23-11(17(29)30)6-13(20)25)22-14(26)8(3)21-15(27)9(18)5-12(19)24/h7-11H,4-6,18H2,1-3H3,(H2,19,24)(H2,20,25)(H,21,27)(H,22,26)(H,23,28)(H,29,30). The highest BCUT2D eigenvalue weighted by Gasteiger charge is 2.30. The third-order valence-corrected chi connectivity index (χ3v) is 3.87. The summed E-state index contributed by atoms with van der Waals surface area (Å²) in [6, 6.07) is -5.03. The van der Waals surface area contributed by atoms with E-state index >= 15 is 0 Å². The highest BCUT2D eigenvalue weighted by molar-refractivity contribution is 5.95. The number of primary amides is 2. The first-order valence-electron chi connectivity index (χ1n) is 9.20. The van der Waals surface area contributed by atoms with Gasteiger partial charge in [0.2, 0.25) is 29.5 Å². The van der Waals surface area contributed by atoms with E-state index in [1.807, 2.05) is 0 Å². The van der Waals surface area contributed by atoms with Gasteiger partial charge < -0.3 is 38.3 Å². The second-order valence-electron chi connectivity index (χ2n) is 7.27. The van der Waals surface area contributed by atoms with Crippen LogP contribution >= 0.6 is 0 Å². The molecule has 0 saturated carbocycles. The van der Waals surface area contributed by atoms with Crippen molar-refractivity contribution in [1.82, 2.24) is 16.0 Å². The maximum atomic E-state index is 12.5. The molecule has 5 amide bonds. The number of nitrogens with one attached hydrogen (secondary N) is 3. The van der Waals surface area contributed by atoms with Gasteiger partial charge in [-0.2, -0.15) is 0 Å². The zero-order valence-corrected chi connectivity index (χ0v) is 17.1. The smallest absolute Gasteiger partial charge is 0.326 e. The van der Waals surface area contributed by atoms with Gasteiger partial charge in [0.25, 0.3) is 0 Å². The Morgan fingerprint density at radius 1 is 0.767 bits per heavy atom. The van der Waals surface area contributed by atoms with Gasteiger partial charge in [0.1, 0.15) is 18.1 Å². The summed E-state index contributed by atoms with van der Waals surface area (Å²) in [7, 11) is 0. The molecule has 0 aliphatic rings. The van der Waals surface area contributed by atoms with E-state index in [0.717, 1.165) is 0 Å². The molecule has 13 heteroatoms. The predicted molar refractivity (Wildman–Crippen MR) is 104 cm³/mol. The van der Waals surface area contributed by atoms with Crippen LogP contribution < -0.4 is 33.2 Å². The lowest BCUT2D eigenvalue weighted by atomic mass is 10.0. The Bertz CT molecular complexity index is 682. The lowest BCUT2D eigenvalue weighted by molar-refractivity contribution is -0.143. The second-order valence-corrected chi connectivity index (χ2v) is 7.27. The highest BCUT2D eigenvalue weighted by atomic mass is 16.4. The van der Waals surface area contributed by atoms with Crippen molar-refractivity contribution in [2.75, 3.05) is 0 Å². The number of carboxylic acids is 1. The van der Waals surface area contributed by atoms with Gasteiger partial charge >= 0.3 is 5.97 Å². The molecule has 0 aromatic rings. The molecule has 0 spiro atoms. The van der Waals surface area contributed by atoms with Gasteiger partial charge in [-0.1, -0.05) is 13.8 Å². The van der Waals surface area contributed by atoms with Crippen molar-refractivity contribution in [2.45, 2.75) is 64.2 Å². The molecule has 0 aliphatic carbocycles. The molecule has 4 unspecified atom stereocenters. The summed E-state index contributed by atoms with van der Waals surface area (Å²) in [5, 5.41) is 16.0. The van der Waals surface area contributed by atoms with E-state index in [0.29, 0.717) is 0 Å². The molecule has 10 N–H and O–H groups in total. The number of rotatable bonds is 13. The molecule has 13 nitrogen and oxygen atoms in total. The number of hydrogen-bond donors (Lipinski definition) is 7. The Kier molecular flexibility index (Phi) is 11.0. The zero-order chi connectivity index (χ0) is 23.6. The molecular formula is C17H30N6O7. The quantitative estimate of drug-likeness (QED) is 0.155. The molecule has 0 saturated heterocycles. The third kappa shape index (κ3) is 10.4. The number of carboxylic acid groups (broad SMARTS) is 1. The molecule has 0 rings (SSSR count). The van der Waals surface area contributed by atoms with Crippen LogP contribution in [0.3, 0.4) is 0 Å². The molecule has 0 aromatic carbocycles. The number of carbonyl (C=O) groups excluding carboxylic acids is 5. The van der Waals surface area contributed by atoms with Crippen LogP contribution in [0.2, 0.25) is 0 Å². The maximum Gasteiger partial charge on any atom is 0.326 e. The molecule has 170 valence electrons. The summed E-state index contributed by atoms with van der Waals surface area (Å²) in [6.45, 7) is 4.89. The van der Waals surface area contributed by atoms with Crippen LogP contribution in [-0.4, -0.2) is 64.8 Å². The van der Waals surface area contributed by atoms with Crippen molar-refractivity contribution >= 4 is 35.5 Å². The van der Waals surface area contributed by atoms with Gasteiger partial charge in [0.15, 0.2) is 0 Å². The van der Waals surface area contributed by atoms with Gasteiger partial charge in [0, 0.05) is 0 Å². The molecule has 0 radical (unpaired) electrons. The Morgan fingerprint density at radius 2 is 1.27 bits per heavy atom. The lowest BCUT2D eigenvalue weighted by Crippen LogP contribution is -2.57. The summed E-state index contributed by atoms with van der Waals surface area (Å²) >= 11 is 0. The van der Waals surface area contributed by atoms with E-state index in [4.69, 9.17) is 22.3 Å². The summed E-state index contributed by atoms with van der Waals surface area (Å²) in [5.74, 6) is -5.57. The van der Waals surface area contributed by atoms with E-state index in [2.05, 4.69) is 16.0 Å². The predicted octanol–water partition coefficient (Wildman–Crippen LogP) is -3.33. The van der Waals surface area contributed by atoms with Crippen molar-refractivity contribution in [3.63, 3.8) is 0 Å². The molecule has 0 aromatic heterocycles. The normalized spacial score (nSPS) is 14.7. The Balaban J connectivity index is 5.13. The van der Waals surface area contributed by atoms with Crippen LogP contribution in [0.4, 0.5) is 0 Å². The number of hydrogen-bond acceptors (Lipinski definition) is 7. The van der Waals surface area contributed by atoms with E-state index in [1.165, 1.54) is 6.92 Å². The number of nitrogens with two attached hydrogens (primary N) is 3. The number of amides is 5. The fourth-order valence-corrected chi connectivity index (χ4v) is 2.37. The first-order chi connectivity index (χ1) is 13.7. The Morgan fingerprint density at radius 3 is 1.70 bits per heavy atom. The van der Waals surface area contributed by atoms with Crippen LogP contribution in [0.5, 0.6) is 0 Å². The van der Waals surface area contributed by atoms with Crippen molar-refractivity contribution < 1.29 is 33.9 Å². The summed E-state index contributed by atoms with van der Waals surface area (Å²) in [5.41, 5.74) is 15.5. The molecule has 0 aliphatic heterocycles. The minimum absolute atomic E-state index is 0.0608. The zero-order valence-electron chi connectivity index (χ0n) is 17.1. The average molecular weight is 430 g/mol. The van der Waals surface area contributed by atoms with Crippen molar-refractivity contribution in [3.8, 4) is 0 Å². The third-order valence-electron chi connectivity index (χ3n) is 3.87. The van der Waals surface area contributed by atoms with Crippen molar-refractivity contribution in [3.05, 3.63) is 0 Å². The van der Waals surface area contributed by atoms with Crippen molar-refractivity contribution in [1.29, 1.82) is 0 Å². The SMILES string of the molecule is CC(C)CC(NC(=O)C(C)NC(=O)C(N)CC(N)=O)C(=O)NC(CC(N)=O)C(=O)O. The monoisotopic (exact) mass is 430 g/mol. The minimum Gasteiger partial charge on any atom is -0.480 e. The van der Waals surface area contributed by atoms with E-state index in [9.17, 15) is 28.8 Å². The van der Waals surface area contributed by atoms with Crippen LogP contribution in [0.1, 0.15) is 40.0 Å². The van der Waals surface area contributed by atoms with Crippen molar-refractivity contribution in [2.24, 2.45) is 23.1 Å². The minimum atomic E-state index is -1.55. The first-order valence-corrected chi connectivity index (χ1v) is 9.20. The molecule has 4 atom stereocenters. The van der Waals surface area contributed by atoms with Gasteiger partial charge in [-0.3, -0.25) is 24.0 Å². The lowest BCUT2D eigenvalue weighted by Gasteiger charge is -2.24. The van der Waals surface area contributed by atoms with Crippen LogP contribution in [-0.2, 0) is 28.8 Å². The summed E-state index contributed by atoms with van der Waals surface area (Å²) < 4.78 is 0. The van der Waals surface area contributed by atoms with Gasteiger partial charge in [-0.15, -0.1) is 0 Å². The molecule has 0 bridgehead atoms. The maximum absolute atomic E-state index is 12.5. The van der Waals surface area contributed by atoms with Crippen LogP contribution in [0.15, 0.2) is 0 Å². The topological polar surface area (TPSA) is 237 Å². The van der Waals surface area contributed by atoms with E-state index in [-0.39, 0.29) is 12.3 Å². The largest absolute Gasteiger partial charge is 0.480 e. The Labute approximate surface area is 173 Å². The molecule has 30 heavy (non-hydrogen) atoms. The second kappa shape index (κ2) is 12.4. The highest BCUT2D eigenvalue weighted by Crippen LogP contribution is 2.07. The fraction of sp³-hybridized carbons (Fsp3) is 0.647. The fourth-order valence-electron chi connectivity index (χ4n) is 2.37. The van der Waals surface area contributed by atoms with Gasteiger partial charge in [-0.25, -0.2) is 4.79 Å². The van der Waals surface area contributed by atoms with Gasteiger partial charge in [-0.05, 0) is 19.3 Å². The van der Waals surface area contributed by atoms with E-state index < -0.39 is 72.5 Å². The van der Waals surface area contributed by atoms with E-state index in [1.54, 1.807) is 13.8 Å². The molecule has 0 heterocycles. The van der Waals surface area contributed by atoms with Crippen LogP contribution in [0, 0.1) is 5.92 Å². The molecule has 0 fully saturated rings. The number of carbonyl (C=O) groups is 6. The average Bonchev–Trinajstić information content (AvgIpc) is 2.58. The first kappa shape index (κ1) is 26.8.